The molecule has 0 unspecified atom stereocenters. The van der Waals surface area contributed by atoms with Gasteiger partial charge in [-0.1, -0.05) is 42.5 Å². The molecule has 0 bridgehead atoms. The van der Waals surface area contributed by atoms with Crippen LogP contribution >= 0.6 is 0 Å². The number of guanidine groups is 1. The normalized spacial score (nSPS) is 12.3. The quantitative estimate of drug-likeness (QED) is 0.102. The lowest BCUT2D eigenvalue weighted by molar-refractivity contribution is -0.139. The average Bonchev–Trinajstić information content (AvgIpc) is 2.84. The summed E-state index contributed by atoms with van der Waals surface area (Å²) in [5.74, 6) is -2.81. The molecule has 14 N–H and O–H groups in total. The minimum absolute atomic E-state index is 0.0129. The minimum atomic E-state index is -1.02. The van der Waals surface area contributed by atoms with Crippen LogP contribution in [0.5, 0.6) is 5.75 Å². The summed E-state index contributed by atoms with van der Waals surface area (Å²) >= 11 is 0. The van der Waals surface area contributed by atoms with Crippen molar-refractivity contribution in [3.8, 4) is 5.75 Å². The molecule has 0 heterocycles. The number of nitrogens with zero attached hydrogens (tertiary/aromatic N) is 1. The highest BCUT2D eigenvalue weighted by molar-refractivity contribution is 5.75. The van der Waals surface area contributed by atoms with Gasteiger partial charge in [-0.15, -0.1) is 0 Å². The predicted octanol–water partition coefficient (Wildman–Crippen LogP) is -0.560. The molecule has 0 radical (unpaired) electrons. The molecule has 0 amide bonds. The maximum Gasteiger partial charge on any atom is 0.320 e. The summed E-state index contributed by atoms with van der Waals surface area (Å²) < 4.78 is 0. The van der Waals surface area contributed by atoms with Crippen LogP contribution < -0.4 is 28.7 Å². The lowest BCUT2D eigenvalue weighted by Crippen LogP contribution is -2.32. The molecular weight excluding hydrogens is 484 g/mol. The number of carboxylic acid groups (broad SMARTS) is 3. The summed E-state index contributed by atoms with van der Waals surface area (Å²) in [4.78, 5) is 34.7. The van der Waals surface area contributed by atoms with Gasteiger partial charge in [-0.05, 0) is 48.9 Å². The van der Waals surface area contributed by atoms with Gasteiger partial charge in [-0.2, -0.15) is 0 Å². The van der Waals surface area contributed by atoms with E-state index in [1.165, 1.54) is 12.1 Å². The van der Waals surface area contributed by atoms with Crippen LogP contribution in [-0.2, 0) is 27.2 Å². The first kappa shape index (κ1) is 32.8. The van der Waals surface area contributed by atoms with Crippen molar-refractivity contribution in [1.29, 1.82) is 0 Å². The summed E-state index contributed by atoms with van der Waals surface area (Å²) in [5, 5.41) is 34.4. The van der Waals surface area contributed by atoms with E-state index in [1.807, 2.05) is 30.3 Å². The molecule has 13 heteroatoms. The van der Waals surface area contributed by atoms with E-state index in [-0.39, 0.29) is 18.1 Å². The molecular formula is C24H36N6O7. The fourth-order valence-corrected chi connectivity index (χ4v) is 2.57. The van der Waals surface area contributed by atoms with E-state index in [9.17, 15) is 14.4 Å². The van der Waals surface area contributed by atoms with Gasteiger partial charge in [0.25, 0.3) is 0 Å². The van der Waals surface area contributed by atoms with Gasteiger partial charge in [0, 0.05) is 6.54 Å². The van der Waals surface area contributed by atoms with Crippen molar-refractivity contribution in [2.45, 2.75) is 43.8 Å². The Bertz CT molecular complexity index is 983. The first-order valence-corrected chi connectivity index (χ1v) is 11.2. The number of hydrogen-bond donors (Lipinski definition) is 9. The standard InChI is InChI=1S/C9H11NO3.C9H11NO2.C6H14N4O2/c10-8(9(12)13)5-6-1-3-7(11)4-2-6;10-8(9(11)12)6-7-4-2-1-3-5-7;7-4(5(11)12)2-1-3-10-6(8)9/h1-4,8,11H,5,10H2,(H,12,13);1-5,8H,6,10H2,(H,11,12);4H,1-3,7H2,(H,11,12)(H4,8,9,10)/t2*8-;4-/m000/s1. The Kier molecular flexibility index (Phi) is 16.1. The van der Waals surface area contributed by atoms with Gasteiger partial charge >= 0.3 is 17.9 Å². The SMILES string of the molecule is NC(N)=NCCC[C@H](N)C(=O)O.N[C@@H](Cc1ccc(O)cc1)C(=O)O.N[C@@H](Cc1ccccc1)C(=O)O. The molecule has 0 saturated carbocycles. The fraction of sp³-hybridized carbons (Fsp3) is 0.333. The van der Waals surface area contributed by atoms with E-state index in [0.717, 1.165) is 11.1 Å². The molecule has 2 aromatic rings. The van der Waals surface area contributed by atoms with E-state index in [2.05, 4.69) is 4.99 Å². The predicted molar refractivity (Wildman–Crippen MR) is 139 cm³/mol. The summed E-state index contributed by atoms with van der Waals surface area (Å²) in [6, 6.07) is 13.1. The number of hydrogen-bond acceptors (Lipinski definition) is 8. The van der Waals surface area contributed by atoms with Crippen molar-refractivity contribution in [1.82, 2.24) is 0 Å². The van der Waals surface area contributed by atoms with E-state index >= 15 is 0 Å². The number of aliphatic imine (C=N–C) groups is 1. The first-order valence-electron chi connectivity index (χ1n) is 11.2. The molecule has 0 saturated heterocycles. The summed E-state index contributed by atoms with van der Waals surface area (Å²) in [7, 11) is 0. The molecule has 0 fully saturated rings. The molecule has 3 atom stereocenters. The van der Waals surface area contributed by atoms with Crippen LogP contribution in [0.2, 0.25) is 0 Å². The van der Waals surface area contributed by atoms with Crippen molar-refractivity contribution in [3.63, 3.8) is 0 Å². The van der Waals surface area contributed by atoms with Crippen LogP contribution in [0.15, 0.2) is 59.6 Å². The Labute approximate surface area is 214 Å². The number of phenolic OH excluding ortho intramolecular Hbond substituents is 1. The minimum Gasteiger partial charge on any atom is -0.508 e. The molecule has 2 rings (SSSR count). The third-order valence-corrected chi connectivity index (χ3v) is 4.61. The van der Waals surface area contributed by atoms with Gasteiger partial charge < -0.3 is 49.1 Å². The summed E-state index contributed by atoms with van der Waals surface area (Å²) in [6.45, 7) is 0.420. The van der Waals surface area contributed by atoms with Gasteiger partial charge in [0.1, 0.15) is 23.9 Å². The van der Waals surface area contributed by atoms with Crippen molar-refractivity contribution in [3.05, 3.63) is 65.7 Å². The molecule has 0 aliphatic carbocycles. The lowest BCUT2D eigenvalue weighted by atomic mass is 10.1. The number of carbonyl (C=O) groups is 3. The zero-order valence-corrected chi connectivity index (χ0v) is 20.3. The van der Waals surface area contributed by atoms with E-state index in [0.29, 0.717) is 25.8 Å². The third-order valence-electron chi connectivity index (χ3n) is 4.61. The Morgan fingerprint density at radius 1 is 0.703 bits per heavy atom. The number of rotatable bonds is 11. The third kappa shape index (κ3) is 17.0. The first-order chi connectivity index (χ1) is 17.3. The van der Waals surface area contributed by atoms with Crippen molar-refractivity contribution in [2.24, 2.45) is 33.7 Å². The highest BCUT2D eigenvalue weighted by Crippen LogP contribution is 2.10. The number of aliphatic carboxylic acids is 3. The molecule has 37 heavy (non-hydrogen) atoms. The molecule has 13 nitrogen and oxygen atoms in total. The number of carboxylic acids is 3. The Balaban J connectivity index is 0.000000526. The topological polar surface area (TPSA) is 275 Å². The number of benzene rings is 2. The molecule has 204 valence electrons. The lowest BCUT2D eigenvalue weighted by Gasteiger charge is -2.05. The largest absolute Gasteiger partial charge is 0.508 e. The van der Waals surface area contributed by atoms with Crippen LogP contribution in [0.1, 0.15) is 24.0 Å². The smallest absolute Gasteiger partial charge is 0.320 e. The summed E-state index contributed by atoms with van der Waals surface area (Å²) in [6.07, 6.45) is 1.61. The van der Waals surface area contributed by atoms with Crippen molar-refractivity contribution < 1.29 is 34.8 Å². The fourth-order valence-electron chi connectivity index (χ4n) is 2.57. The van der Waals surface area contributed by atoms with Crippen LogP contribution in [-0.4, -0.2) is 69.0 Å². The zero-order chi connectivity index (χ0) is 28.4. The van der Waals surface area contributed by atoms with Crippen molar-refractivity contribution in [2.75, 3.05) is 6.54 Å². The molecule has 0 aliphatic rings. The van der Waals surface area contributed by atoms with E-state index in [4.69, 9.17) is 49.1 Å². The maximum absolute atomic E-state index is 10.4. The van der Waals surface area contributed by atoms with Gasteiger partial charge in [-0.3, -0.25) is 19.4 Å². The number of phenols is 1. The Morgan fingerprint density at radius 2 is 1.14 bits per heavy atom. The number of nitrogens with two attached hydrogens (primary N) is 5. The average molecular weight is 521 g/mol. The second kappa shape index (κ2) is 18.1. The van der Waals surface area contributed by atoms with Gasteiger partial charge in [0.05, 0.1) is 0 Å². The molecule has 2 aromatic carbocycles. The van der Waals surface area contributed by atoms with Crippen LogP contribution in [0.25, 0.3) is 0 Å². The Morgan fingerprint density at radius 3 is 1.54 bits per heavy atom. The van der Waals surface area contributed by atoms with Gasteiger partial charge in [0.2, 0.25) is 0 Å². The molecule has 0 aliphatic heterocycles. The monoisotopic (exact) mass is 520 g/mol. The Hall–Kier alpha value is -4.20. The van der Waals surface area contributed by atoms with Gasteiger partial charge in [0.15, 0.2) is 5.96 Å². The maximum atomic E-state index is 10.4. The highest BCUT2D eigenvalue weighted by atomic mass is 16.4. The number of aromatic hydroxyl groups is 1. The molecule has 0 aromatic heterocycles. The van der Waals surface area contributed by atoms with Crippen LogP contribution in [0.3, 0.4) is 0 Å². The van der Waals surface area contributed by atoms with Crippen LogP contribution in [0, 0.1) is 0 Å². The van der Waals surface area contributed by atoms with Gasteiger partial charge in [-0.25, -0.2) is 0 Å². The molecule has 0 spiro atoms. The van der Waals surface area contributed by atoms with E-state index in [1.54, 1.807) is 12.1 Å². The highest BCUT2D eigenvalue weighted by Gasteiger charge is 2.12. The second-order valence-electron chi connectivity index (χ2n) is 7.84. The second-order valence-corrected chi connectivity index (χ2v) is 7.84. The van der Waals surface area contributed by atoms with E-state index < -0.39 is 36.0 Å². The van der Waals surface area contributed by atoms with Crippen molar-refractivity contribution >= 4 is 23.9 Å². The zero-order valence-electron chi connectivity index (χ0n) is 20.3. The summed E-state index contributed by atoms with van der Waals surface area (Å²) in [5.41, 5.74) is 27.7. The van der Waals surface area contributed by atoms with Crippen LogP contribution in [0.4, 0.5) is 0 Å².